The number of hydrogen-bond acceptors (Lipinski definition) is 5. The first-order valence-electron chi connectivity index (χ1n) is 10.6. The van der Waals surface area contributed by atoms with Gasteiger partial charge in [0.15, 0.2) is 5.76 Å². The zero-order valence-electron chi connectivity index (χ0n) is 18.7. The second-order valence-corrected chi connectivity index (χ2v) is 7.49. The number of nitrogens with one attached hydrogen (secondary N) is 2. The van der Waals surface area contributed by atoms with Gasteiger partial charge in [0, 0.05) is 18.2 Å². The molecule has 0 spiro atoms. The zero-order valence-corrected chi connectivity index (χ0v) is 18.7. The summed E-state index contributed by atoms with van der Waals surface area (Å²) in [6.07, 6.45) is 0. The van der Waals surface area contributed by atoms with Gasteiger partial charge in [-0.25, -0.2) is 0 Å². The SMILES string of the molecule is CCN(CC)Cc1ccc(C(=O)NNC(=O)c2ccc(CN(CC)C(C)C)cc2)o1. The number of hydrazine groups is 1. The van der Waals surface area contributed by atoms with Gasteiger partial charge in [0.1, 0.15) is 5.76 Å². The summed E-state index contributed by atoms with van der Waals surface area (Å²) >= 11 is 0. The Morgan fingerprint density at radius 3 is 2.07 bits per heavy atom. The summed E-state index contributed by atoms with van der Waals surface area (Å²) in [5, 5.41) is 0. The average Bonchev–Trinajstić information content (AvgIpc) is 3.22. The molecule has 2 aromatic rings. The first-order chi connectivity index (χ1) is 14.4. The van der Waals surface area contributed by atoms with Crippen molar-refractivity contribution in [3.05, 3.63) is 59.0 Å². The van der Waals surface area contributed by atoms with Gasteiger partial charge >= 0.3 is 5.91 Å². The van der Waals surface area contributed by atoms with Gasteiger partial charge in [0.2, 0.25) is 0 Å². The molecule has 0 fully saturated rings. The van der Waals surface area contributed by atoms with E-state index in [-0.39, 0.29) is 11.7 Å². The number of carbonyl (C=O) groups is 2. The highest BCUT2D eigenvalue weighted by atomic mass is 16.4. The van der Waals surface area contributed by atoms with Gasteiger partial charge in [-0.1, -0.05) is 32.9 Å². The second kappa shape index (κ2) is 11.5. The third kappa shape index (κ3) is 6.71. The molecule has 2 rings (SSSR count). The van der Waals surface area contributed by atoms with E-state index in [9.17, 15) is 9.59 Å². The van der Waals surface area contributed by atoms with Gasteiger partial charge in [-0.05, 0) is 63.3 Å². The number of benzene rings is 1. The number of furan rings is 1. The molecule has 2 amide bonds. The lowest BCUT2D eigenvalue weighted by molar-refractivity contribution is 0.0829. The number of nitrogens with zero attached hydrogens (tertiary/aromatic N) is 2. The number of carbonyl (C=O) groups excluding carboxylic acids is 2. The van der Waals surface area contributed by atoms with Gasteiger partial charge in [-0.15, -0.1) is 0 Å². The van der Waals surface area contributed by atoms with Crippen molar-refractivity contribution >= 4 is 11.8 Å². The van der Waals surface area contributed by atoms with Crippen LogP contribution in [0.2, 0.25) is 0 Å². The van der Waals surface area contributed by atoms with Gasteiger partial charge in [-0.3, -0.25) is 30.2 Å². The standard InChI is InChI=1S/C23H34N4O3/c1-6-26(7-2)16-20-13-14-21(30-20)23(29)25-24-22(28)19-11-9-18(10-12-19)15-27(8-3)17(4)5/h9-14,17H,6-8,15-16H2,1-5H3,(H,24,28)(H,25,29). The van der Waals surface area contributed by atoms with E-state index in [2.05, 4.69) is 55.3 Å². The van der Waals surface area contributed by atoms with Crippen LogP contribution in [0, 0.1) is 0 Å². The summed E-state index contributed by atoms with van der Waals surface area (Å²) in [6.45, 7) is 14.9. The van der Waals surface area contributed by atoms with Gasteiger partial charge < -0.3 is 4.42 Å². The summed E-state index contributed by atoms with van der Waals surface area (Å²) in [7, 11) is 0. The van der Waals surface area contributed by atoms with E-state index in [1.165, 1.54) is 0 Å². The van der Waals surface area contributed by atoms with Crippen LogP contribution in [0.1, 0.15) is 66.9 Å². The van der Waals surface area contributed by atoms with Gasteiger partial charge in [0.05, 0.1) is 6.54 Å². The van der Waals surface area contributed by atoms with Crippen LogP contribution in [0.4, 0.5) is 0 Å². The van der Waals surface area contributed by atoms with Crippen molar-refractivity contribution in [2.45, 2.75) is 53.8 Å². The van der Waals surface area contributed by atoms with E-state index in [1.807, 2.05) is 12.1 Å². The van der Waals surface area contributed by atoms with Crippen molar-refractivity contribution in [2.75, 3.05) is 19.6 Å². The number of amides is 2. The molecule has 2 N–H and O–H groups in total. The lowest BCUT2D eigenvalue weighted by Crippen LogP contribution is -2.41. The molecular weight excluding hydrogens is 380 g/mol. The fraction of sp³-hybridized carbons (Fsp3) is 0.478. The van der Waals surface area contributed by atoms with Crippen LogP contribution in [-0.2, 0) is 13.1 Å². The van der Waals surface area contributed by atoms with E-state index in [1.54, 1.807) is 24.3 Å². The summed E-state index contributed by atoms with van der Waals surface area (Å²) < 4.78 is 5.59. The van der Waals surface area contributed by atoms with Crippen LogP contribution >= 0.6 is 0 Å². The maximum Gasteiger partial charge on any atom is 0.305 e. The van der Waals surface area contributed by atoms with Crippen molar-refractivity contribution in [3.8, 4) is 0 Å². The van der Waals surface area contributed by atoms with Crippen molar-refractivity contribution < 1.29 is 14.0 Å². The molecule has 0 saturated heterocycles. The largest absolute Gasteiger partial charge is 0.454 e. The fourth-order valence-corrected chi connectivity index (χ4v) is 3.16. The Morgan fingerprint density at radius 1 is 0.867 bits per heavy atom. The highest BCUT2D eigenvalue weighted by molar-refractivity contribution is 5.97. The highest BCUT2D eigenvalue weighted by Gasteiger charge is 2.14. The summed E-state index contributed by atoms with van der Waals surface area (Å²) in [4.78, 5) is 29.1. The molecule has 0 bridgehead atoms. The first-order valence-corrected chi connectivity index (χ1v) is 10.6. The van der Waals surface area contributed by atoms with E-state index in [4.69, 9.17) is 4.42 Å². The van der Waals surface area contributed by atoms with Crippen molar-refractivity contribution in [2.24, 2.45) is 0 Å². The van der Waals surface area contributed by atoms with E-state index >= 15 is 0 Å². The predicted molar refractivity (Wildman–Crippen MR) is 118 cm³/mol. The molecule has 7 nitrogen and oxygen atoms in total. The Hall–Kier alpha value is -2.64. The Kier molecular flexibility index (Phi) is 9.08. The predicted octanol–water partition coefficient (Wildman–Crippen LogP) is 3.43. The Labute approximate surface area is 179 Å². The van der Waals surface area contributed by atoms with Crippen LogP contribution in [0.25, 0.3) is 0 Å². The molecule has 0 aliphatic heterocycles. The summed E-state index contributed by atoms with van der Waals surface area (Å²) in [5.74, 6) is 0.0248. The topological polar surface area (TPSA) is 77.8 Å². The molecule has 1 aromatic carbocycles. The minimum Gasteiger partial charge on any atom is -0.454 e. The molecule has 7 heteroatoms. The van der Waals surface area contributed by atoms with E-state index in [0.29, 0.717) is 23.9 Å². The van der Waals surface area contributed by atoms with Crippen LogP contribution in [0.5, 0.6) is 0 Å². The highest BCUT2D eigenvalue weighted by Crippen LogP contribution is 2.11. The number of rotatable bonds is 10. The maximum absolute atomic E-state index is 12.3. The Morgan fingerprint density at radius 2 is 1.50 bits per heavy atom. The zero-order chi connectivity index (χ0) is 22.1. The minimum absolute atomic E-state index is 0.168. The molecule has 0 unspecified atom stereocenters. The molecule has 1 aromatic heterocycles. The second-order valence-electron chi connectivity index (χ2n) is 7.49. The van der Waals surface area contributed by atoms with Crippen molar-refractivity contribution in [1.29, 1.82) is 0 Å². The normalized spacial score (nSPS) is 11.3. The van der Waals surface area contributed by atoms with Crippen molar-refractivity contribution in [3.63, 3.8) is 0 Å². The van der Waals surface area contributed by atoms with E-state index < -0.39 is 5.91 Å². The van der Waals surface area contributed by atoms with Gasteiger partial charge in [-0.2, -0.15) is 0 Å². The third-order valence-electron chi connectivity index (χ3n) is 5.19. The monoisotopic (exact) mass is 414 g/mol. The molecule has 0 aliphatic carbocycles. The van der Waals surface area contributed by atoms with Crippen LogP contribution in [0.3, 0.4) is 0 Å². The maximum atomic E-state index is 12.3. The quantitative estimate of drug-likeness (QED) is 0.583. The molecule has 30 heavy (non-hydrogen) atoms. The molecule has 0 aliphatic rings. The molecule has 0 atom stereocenters. The van der Waals surface area contributed by atoms with Crippen molar-refractivity contribution in [1.82, 2.24) is 20.7 Å². The Bertz CT molecular complexity index is 810. The molecule has 0 saturated carbocycles. The molecule has 164 valence electrons. The molecule has 0 radical (unpaired) electrons. The fourth-order valence-electron chi connectivity index (χ4n) is 3.16. The average molecular weight is 415 g/mol. The summed E-state index contributed by atoms with van der Waals surface area (Å²) in [6, 6.07) is 11.3. The lowest BCUT2D eigenvalue weighted by Gasteiger charge is -2.24. The Balaban J connectivity index is 1.88. The minimum atomic E-state index is -0.485. The molecular formula is C23H34N4O3. The van der Waals surface area contributed by atoms with Crippen LogP contribution in [-0.4, -0.2) is 47.3 Å². The smallest absolute Gasteiger partial charge is 0.305 e. The van der Waals surface area contributed by atoms with E-state index in [0.717, 1.165) is 31.7 Å². The lowest BCUT2D eigenvalue weighted by atomic mass is 10.1. The van der Waals surface area contributed by atoms with Crippen LogP contribution in [0.15, 0.2) is 40.8 Å². The first kappa shape index (κ1) is 23.6. The van der Waals surface area contributed by atoms with Gasteiger partial charge in [0.25, 0.3) is 5.91 Å². The molecule has 1 heterocycles. The summed E-state index contributed by atoms with van der Waals surface area (Å²) in [5.41, 5.74) is 6.47. The number of hydrogen-bond donors (Lipinski definition) is 2. The third-order valence-corrected chi connectivity index (χ3v) is 5.19. The van der Waals surface area contributed by atoms with Crippen LogP contribution < -0.4 is 10.9 Å².